The summed E-state index contributed by atoms with van der Waals surface area (Å²) in [7, 11) is -5.36. The maximum absolute atomic E-state index is 17.1. The minimum atomic E-state index is -5.36. The van der Waals surface area contributed by atoms with E-state index in [1.54, 1.807) is 13.8 Å². The largest absolute Gasteiger partial charge is 1.00 e. The molecule has 4 aliphatic rings. The van der Waals surface area contributed by atoms with Crippen molar-refractivity contribution in [1.29, 1.82) is 0 Å². The van der Waals surface area contributed by atoms with Crippen LogP contribution in [0.25, 0.3) is 0 Å². The number of fused-ring (bicyclic) bond motifs is 5. The van der Waals surface area contributed by atoms with Crippen molar-refractivity contribution in [2.24, 2.45) is 28.6 Å². The first-order valence-corrected chi connectivity index (χ1v) is 12.1. The Morgan fingerprint density at radius 1 is 1.33 bits per heavy atom. The third-order valence-electron chi connectivity index (χ3n) is 8.97. The molecule has 0 amide bonds. The van der Waals surface area contributed by atoms with E-state index in [2.05, 4.69) is 0 Å². The molecule has 0 saturated heterocycles. The Kier molecular flexibility index (Phi) is 6.82. The second-order valence-corrected chi connectivity index (χ2v) is 11.2. The average molecular weight is 495 g/mol. The molecule has 0 aliphatic heterocycles. The van der Waals surface area contributed by atoms with Crippen LogP contribution in [0.2, 0.25) is 0 Å². The van der Waals surface area contributed by atoms with Gasteiger partial charge >= 0.3 is 29.6 Å². The fraction of sp³-hybridized carbons (Fsp3) is 0.727. The van der Waals surface area contributed by atoms with Gasteiger partial charge in [-0.25, -0.2) is 12.8 Å². The van der Waals surface area contributed by atoms with Crippen molar-refractivity contribution in [1.82, 2.24) is 0 Å². The molecule has 4 aliphatic carbocycles. The van der Waals surface area contributed by atoms with E-state index in [-0.39, 0.29) is 54.6 Å². The Labute approximate surface area is 214 Å². The summed E-state index contributed by atoms with van der Waals surface area (Å²) in [5.74, 6) is -3.43. The van der Waals surface area contributed by atoms with Crippen LogP contribution >= 0.6 is 0 Å². The monoisotopic (exact) mass is 494 g/mol. The molecule has 178 valence electrons. The summed E-state index contributed by atoms with van der Waals surface area (Å²) in [6.45, 7) is 3.67. The number of aliphatic hydroxyl groups excluding tert-OH is 2. The van der Waals surface area contributed by atoms with E-state index in [0.29, 0.717) is 12.0 Å². The fourth-order valence-electron chi connectivity index (χ4n) is 7.63. The number of carbonyl (C=O) groups is 2. The number of hydrogen-bond donors (Lipinski definition) is 2. The number of halogens is 1. The molecule has 8 atom stereocenters. The van der Waals surface area contributed by atoms with Gasteiger partial charge in [-0.1, -0.05) is 25.5 Å². The molecule has 2 N–H and O–H groups in total. The second-order valence-electron chi connectivity index (χ2n) is 10.2. The van der Waals surface area contributed by atoms with Gasteiger partial charge in [0.05, 0.1) is 6.10 Å². The SMILES string of the molecule is C[C@@H]1C[C@H]2[C@@H]3CCC4=CC(=O)C=C[C@]4(C)[C@@]3(F)[C@@H](O)C[C@]2(C)[C@@]1(OS(=O)(=O)[O-])C(=O)CO.[Na+]. The summed E-state index contributed by atoms with van der Waals surface area (Å²) >= 11 is 0. The number of hydrogen-bond acceptors (Lipinski definition) is 8. The Balaban J connectivity index is 0.00000306. The van der Waals surface area contributed by atoms with E-state index in [1.807, 2.05) is 0 Å². The Bertz CT molecular complexity index is 1040. The van der Waals surface area contributed by atoms with Crippen LogP contribution < -0.4 is 29.6 Å². The molecule has 0 aromatic rings. The van der Waals surface area contributed by atoms with Gasteiger partial charge in [-0.2, -0.15) is 0 Å². The van der Waals surface area contributed by atoms with E-state index in [0.717, 1.165) is 0 Å². The van der Waals surface area contributed by atoms with Crippen molar-refractivity contribution in [2.75, 3.05) is 6.61 Å². The standard InChI is InChI=1S/C22H29FO8S.Na/c1-12-8-16-15-5-4-13-9-14(25)6-7-19(13,2)21(15,23)17(26)10-20(16,3)22(12,18(27)11-24)31-32(28,29)30;/h6-7,9,12,15-17,24,26H,4-5,8,10-11H2,1-3H3,(H,28,29,30);/q;+1/p-1/t12-,15+,16+,17+,19+,20+,21+,22+;/m1./s1. The van der Waals surface area contributed by atoms with Crippen LogP contribution in [0.1, 0.15) is 46.5 Å². The molecule has 0 radical (unpaired) electrons. The minimum Gasteiger partial charge on any atom is -0.725 e. The van der Waals surface area contributed by atoms with Gasteiger partial charge in [0, 0.05) is 16.7 Å². The quantitative estimate of drug-likeness (QED) is 0.270. The molecule has 0 unspecified atom stereocenters. The first-order valence-electron chi connectivity index (χ1n) is 10.8. The zero-order chi connectivity index (χ0) is 23.9. The van der Waals surface area contributed by atoms with Crippen molar-refractivity contribution in [3.05, 3.63) is 23.8 Å². The predicted molar refractivity (Wildman–Crippen MR) is 109 cm³/mol. The molecule has 4 rings (SSSR count). The summed E-state index contributed by atoms with van der Waals surface area (Å²) in [5.41, 5.74) is -6.44. The Morgan fingerprint density at radius 2 is 1.97 bits per heavy atom. The van der Waals surface area contributed by atoms with Gasteiger partial charge in [0.25, 0.3) is 0 Å². The molecule has 0 bridgehead atoms. The normalized spacial score (nSPS) is 46.5. The summed E-state index contributed by atoms with van der Waals surface area (Å²) < 4.78 is 57.0. The van der Waals surface area contributed by atoms with Crippen LogP contribution in [-0.2, 0) is 24.2 Å². The maximum atomic E-state index is 17.1. The van der Waals surface area contributed by atoms with Crippen molar-refractivity contribution in [3.8, 4) is 0 Å². The van der Waals surface area contributed by atoms with E-state index < -0.39 is 68.7 Å². The molecule has 3 saturated carbocycles. The number of aliphatic hydroxyl groups is 2. The molecular formula is C22H28FNaO8S. The summed E-state index contributed by atoms with van der Waals surface area (Å²) in [6.07, 6.45) is 3.06. The topological polar surface area (TPSA) is 141 Å². The third-order valence-corrected chi connectivity index (χ3v) is 9.44. The first-order chi connectivity index (χ1) is 14.7. The first kappa shape index (κ1) is 27.1. The zero-order valence-electron chi connectivity index (χ0n) is 19.2. The van der Waals surface area contributed by atoms with Crippen LogP contribution in [-0.4, -0.2) is 58.7 Å². The second kappa shape index (κ2) is 8.30. The third kappa shape index (κ3) is 3.43. The van der Waals surface area contributed by atoms with Crippen molar-refractivity contribution in [2.45, 2.75) is 63.8 Å². The Morgan fingerprint density at radius 3 is 2.55 bits per heavy atom. The van der Waals surface area contributed by atoms with Gasteiger partial charge in [0.15, 0.2) is 22.8 Å². The van der Waals surface area contributed by atoms with Gasteiger partial charge in [-0.3, -0.25) is 13.8 Å². The summed E-state index contributed by atoms with van der Waals surface area (Å²) in [4.78, 5) is 24.8. The molecule has 11 heteroatoms. The van der Waals surface area contributed by atoms with E-state index in [1.165, 1.54) is 25.2 Å². The number of ketones is 2. The van der Waals surface area contributed by atoms with Crippen molar-refractivity contribution < 1.29 is 70.9 Å². The van der Waals surface area contributed by atoms with Crippen LogP contribution in [0.4, 0.5) is 4.39 Å². The molecule has 0 spiro atoms. The molecule has 3 fully saturated rings. The molecule has 0 aromatic heterocycles. The van der Waals surface area contributed by atoms with Crippen LogP contribution in [0.3, 0.4) is 0 Å². The Hall–Kier alpha value is -0.460. The number of allylic oxidation sites excluding steroid dienone is 4. The molecule has 0 heterocycles. The maximum Gasteiger partial charge on any atom is 1.00 e. The van der Waals surface area contributed by atoms with E-state index in [4.69, 9.17) is 4.18 Å². The van der Waals surface area contributed by atoms with E-state index >= 15 is 4.39 Å². The van der Waals surface area contributed by atoms with Gasteiger partial charge in [0.2, 0.25) is 10.4 Å². The van der Waals surface area contributed by atoms with Crippen LogP contribution in [0.5, 0.6) is 0 Å². The fourth-order valence-corrected chi connectivity index (χ4v) is 8.40. The smallest absolute Gasteiger partial charge is 0.725 e. The zero-order valence-corrected chi connectivity index (χ0v) is 22.0. The van der Waals surface area contributed by atoms with Gasteiger partial charge in [-0.15, -0.1) is 0 Å². The van der Waals surface area contributed by atoms with E-state index in [9.17, 15) is 32.8 Å². The number of Topliss-reactive ketones (excluding diaryl/α,β-unsaturated/α-hetero) is 1. The summed E-state index contributed by atoms with van der Waals surface area (Å²) in [5, 5.41) is 20.9. The average Bonchev–Trinajstić information content (AvgIpc) is 2.90. The van der Waals surface area contributed by atoms with Crippen molar-refractivity contribution in [3.63, 3.8) is 0 Å². The van der Waals surface area contributed by atoms with Crippen LogP contribution in [0.15, 0.2) is 23.8 Å². The number of alkyl halides is 1. The minimum absolute atomic E-state index is 0. The summed E-state index contributed by atoms with van der Waals surface area (Å²) in [6, 6.07) is 0. The molecule has 33 heavy (non-hydrogen) atoms. The molecule has 0 aromatic carbocycles. The van der Waals surface area contributed by atoms with Gasteiger partial charge < -0.3 is 14.8 Å². The number of rotatable bonds is 4. The number of carbonyl (C=O) groups excluding carboxylic acids is 2. The molecule has 8 nitrogen and oxygen atoms in total. The predicted octanol–water partition coefficient (Wildman–Crippen LogP) is -1.62. The van der Waals surface area contributed by atoms with Gasteiger partial charge in [-0.05, 0) is 56.6 Å². The van der Waals surface area contributed by atoms with Gasteiger partial charge in [0.1, 0.15) is 6.61 Å². The van der Waals surface area contributed by atoms with Crippen molar-refractivity contribution >= 4 is 22.0 Å². The molecular weight excluding hydrogens is 466 g/mol. The van der Waals surface area contributed by atoms with Crippen LogP contribution in [0, 0.1) is 28.6 Å².